The molecular formula is C21H17BrN6O2. The van der Waals surface area contributed by atoms with Gasteiger partial charge in [-0.05, 0) is 24.6 Å². The molecule has 9 heteroatoms. The molecule has 0 aliphatic rings. The SMILES string of the molecule is Cc1ccc(Br)cc1NC(=O)c1[nH]cnc1C(=O)Nc1cc(-c2ccccc2)n[nH]1. The normalized spacial score (nSPS) is 10.6. The van der Waals surface area contributed by atoms with Crippen molar-refractivity contribution >= 4 is 39.2 Å². The van der Waals surface area contributed by atoms with Gasteiger partial charge in [0.2, 0.25) is 0 Å². The molecule has 0 fully saturated rings. The number of aromatic amines is 2. The van der Waals surface area contributed by atoms with Gasteiger partial charge in [0, 0.05) is 21.8 Å². The summed E-state index contributed by atoms with van der Waals surface area (Å²) in [6.45, 7) is 1.88. The number of nitrogens with zero attached hydrogens (tertiary/aromatic N) is 2. The van der Waals surface area contributed by atoms with Gasteiger partial charge in [0.1, 0.15) is 11.5 Å². The van der Waals surface area contributed by atoms with Crippen LogP contribution in [0.4, 0.5) is 11.5 Å². The highest BCUT2D eigenvalue weighted by atomic mass is 79.9. The highest BCUT2D eigenvalue weighted by Crippen LogP contribution is 2.22. The maximum Gasteiger partial charge on any atom is 0.277 e. The molecule has 30 heavy (non-hydrogen) atoms. The van der Waals surface area contributed by atoms with Gasteiger partial charge in [-0.15, -0.1) is 0 Å². The molecule has 0 bridgehead atoms. The van der Waals surface area contributed by atoms with E-state index in [1.165, 1.54) is 6.33 Å². The summed E-state index contributed by atoms with van der Waals surface area (Å²) in [4.78, 5) is 32.1. The molecule has 4 N–H and O–H groups in total. The summed E-state index contributed by atoms with van der Waals surface area (Å²) < 4.78 is 0.833. The molecule has 150 valence electrons. The summed E-state index contributed by atoms with van der Waals surface area (Å²) in [6, 6.07) is 16.8. The van der Waals surface area contributed by atoms with Crippen LogP contribution >= 0.6 is 15.9 Å². The lowest BCUT2D eigenvalue weighted by Crippen LogP contribution is -2.20. The van der Waals surface area contributed by atoms with Crippen LogP contribution in [0.5, 0.6) is 0 Å². The Morgan fingerprint density at radius 1 is 1.00 bits per heavy atom. The van der Waals surface area contributed by atoms with Crippen LogP contribution in [0.1, 0.15) is 26.5 Å². The Kier molecular flexibility index (Phi) is 5.44. The van der Waals surface area contributed by atoms with Crippen LogP contribution in [0.2, 0.25) is 0 Å². The number of aryl methyl sites for hydroxylation is 1. The molecule has 0 aliphatic carbocycles. The molecule has 0 spiro atoms. The first kappa shape index (κ1) is 19.6. The topological polar surface area (TPSA) is 116 Å². The second-order valence-corrected chi connectivity index (χ2v) is 7.44. The van der Waals surface area contributed by atoms with Crippen LogP contribution in [0, 0.1) is 6.92 Å². The van der Waals surface area contributed by atoms with E-state index in [-0.39, 0.29) is 11.4 Å². The van der Waals surface area contributed by atoms with Gasteiger partial charge in [-0.2, -0.15) is 5.10 Å². The number of carbonyl (C=O) groups excluding carboxylic acids is 2. The lowest BCUT2D eigenvalue weighted by Gasteiger charge is -2.09. The van der Waals surface area contributed by atoms with E-state index in [0.717, 1.165) is 15.6 Å². The summed E-state index contributed by atoms with van der Waals surface area (Å²) in [6.07, 6.45) is 1.31. The van der Waals surface area contributed by atoms with Crippen molar-refractivity contribution in [1.82, 2.24) is 20.2 Å². The lowest BCUT2D eigenvalue weighted by atomic mass is 10.1. The molecule has 2 aromatic carbocycles. The number of amides is 2. The van der Waals surface area contributed by atoms with Crippen LogP contribution in [-0.4, -0.2) is 32.0 Å². The van der Waals surface area contributed by atoms with Crippen molar-refractivity contribution in [1.29, 1.82) is 0 Å². The Labute approximate surface area is 180 Å². The minimum Gasteiger partial charge on any atom is -0.340 e. The smallest absolute Gasteiger partial charge is 0.277 e. The van der Waals surface area contributed by atoms with Crippen molar-refractivity contribution in [3.8, 4) is 11.3 Å². The average Bonchev–Trinajstić information content (AvgIpc) is 3.41. The molecule has 0 aliphatic heterocycles. The third kappa shape index (κ3) is 4.15. The number of nitrogens with one attached hydrogen (secondary N) is 4. The van der Waals surface area contributed by atoms with Crippen LogP contribution in [0.25, 0.3) is 11.3 Å². The van der Waals surface area contributed by atoms with E-state index in [1.54, 1.807) is 12.1 Å². The minimum atomic E-state index is -0.532. The lowest BCUT2D eigenvalue weighted by molar-refractivity contribution is 0.0985. The first-order valence-corrected chi connectivity index (χ1v) is 9.83. The third-order valence-corrected chi connectivity index (χ3v) is 4.92. The van der Waals surface area contributed by atoms with Crippen molar-refractivity contribution in [3.05, 3.63) is 82.3 Å². The number of aromatic nitrogens is 4. The van der Waals surface area contributed by atoms with E-state index in [4.69, 9.17) is 0 Å². The van der Waals surface area contributed by atoms with Gasteiger partial charge in [-0.3, -0.25) is 14.7 Å². The fourth-order valence-electron chi connectivity index (χ4n) is 2.88. The number of halogens is 1. The maximum absolute atomic E-state index is 12.7. The predicted octanol–water partition coefficient (Wildman–Crippen LogP) is 4.38. The van der Waals surface area contributed by atoms with E-state index in [1.807, 2.05) is 49.4 Å². The Hall–Kier alpha value is -3.72. The van der Waals surface area contributed by atoms with Crippen molar-refractivity contribution < 1.29 is 9.59 Å². The minimum absolute atomic E-state index is 0.0176. The van der Waals surface area contributed by atoms with Gasteiger partial charge in [-0.1, -0.05) is 52.3 Å². The summed E-state index contributed by atoms with van der Waals surface area (Å²) in [5, 5.41) is 12.5. The summed E-state index contributed by atoms with van der Waals surface area (Å²) in [5.74, 6) is -0.597. The Morgan fingerprint density at radius 2 is 1.80 bits per heavy atom. The molecular weight excluding hydrogens is 448 g/mol. The number of imidazole rings is 1. The van der Waals surface area contributed by atoms with Crippen molar-refractivity contribution in [2.24, 2.45) is 0 Å². The molecule has 2 heterocycles. The zero-order valence-electron chi connectivity index (χ0n) is 15.9. The standard InChI is InChI=1S/C21H17BrN6O2/c1-12-7-8-14(22)9-15(12)25-20(29)18-19(24-11-23-18)21(30)26-17-10-16(27-28-17)13-5-3-2-4-6-13/h2-11H,1H3,(H,23,24)(H,25,29)(H2,26,27,28,30). The highest BCUT2D eigenvalue weighted by molar-refractivity contribution is 9.10. The number of hydrogen-bond acceptors (Lipinski definition) is 4. The molecule has 8 nitrogen and oxygen atoms in total. The zero-order chi connectivity index (χ0) is 21.1. The molecule has 0 saturated heterocycles. The molecule has 0 radical (unpaired) electrons. The summed E-state index contributed by atoms with van der Waals surface area (Å²) >= 11 is 3.38. The quantitative estimate of drug-likeness (QED) is 0.350. The fraction of sp³-hybridized carbons (Fsp3) is 0.0476. The van der Waals surface area contributed by atoms with E-state index in [9.17, 15) is 9.59 Å². The number of H-pyrrole nitrogens is 2. The molecule has 2 aromatic heterocycles. The predicted molar refractivity (Wildman–Crippen MR) is 117 cm³/mol. The van der Waals surface area contributed by atoms with Crippen LogP contribution < -0.4 is 10.6 Å². The number of carbonyl (C=O) groups is 2. The Morgan fingerprint density at radius 3 is 2.60 bits per heavy atom. The molecule has 0 atom stereocenters. The van der Waals surface area contributed by atoms with Crippen molar-refractivity contribution in [2.45, 2.75) is 6.92 Å². The largest absolute Gasteiger partial charge is 0.340 e. The number of benzene rings is 2. The van der Waals surface area contributed by atoms with Gasteiger partial charge < -0.3 is 15.6 Å². The van der Waals surface area contributed by atoms with Crippen LogP contribution in [0.15, 0.2) is 65.4 Å². The zero-order valence-corrected chi connectivity index (χ0v) is 17.4. The van der Waals surface area contributed by atoms with Gasteiger partial charge in [0.25, 0.3) is 11.8 Å². The van der Waals surface area contributed by atoms with Crippen molar-refractivity contribution in [2.75, 3.05) is 10.6 Å². The van der Waals surface area contributed by atoms with Gasteiger partial charge in [0.15, 0.2) is 5.69 Å². The maximum atomic E-state index is 12.7. The number of anilines is 2. The van der Waals surface area contributed by atoms with Gasteiger partial charge >= 0.3 is 0 Å². The second-order valence-electron chi connectivity index (χ2n) is 6.53. The molecule has 4 aromatic rings. The first-order valence-electron chi connectivity index (χ1n) is 9.04. The van der Waals surface area contributed by atoms with E-state index >= 15 is 0 Å². The molecule has 0 saturated carbocycles. The van der Waals surface area contributed by atoms with Gasteiger partial charge in [-0.25, -0.2) is 4.98 Å². The molecule has 0 unspecified atom stereocenters. The second kappa shape index (κ2) is 8.34. The van der Waals surface area contributed by atoms with Crippen LogP contribution in [0.3, 0.4) is 0 Å². The third-order valence-electron chi connectivity index (χ3n) is 4.42. The van der Waals surface area contributed by atoms with Crippen molar-refractivity contribution in [3.63, 3.8) is 0 Å². The van der Waals surface area contributed by atoms with Gasteiger partial charge in [0.05, 0.1) is 12.0 Å². The summed E-state index contributed by atoms with van der Waals surface area (Å²) in [7, 11) is 0. The Bertz CT molecular complexity index is 1220. The van der Waals surface area contributed by atoms with Crippen LogP contribution in [-0.2, 0) is 0 Å². The van der Waals surface area contributed by atoms with E-state index < -0.39 is 11.8 Å². The fourth-order valence-corrected chi connectivity index (χ4v) is 3.24. The van der Waals surface area contributed by atoms with E-state index in [2.05, 4.69) is 46.7 Å². The Balaban J connectivity index is 1.50. The van der Waals surface area contributed by atoms with E-state index in [0.29, 0.717) is 17.2 Å². The first-order chi connectivity index (χ1) is 14.5. The monoisotopic (exact) mass is 464 g/mol. The summed E-state index contributed by atoms with van der Waals surface area (Å²) in [5.41, 5.74) is 3.18. The molecule has 2 amide bonds. The highest BCUT2D eigenvalue weighted by Gasteiger charge is 2.21. The molecule has 4 rings (SSSR count). The number of hydrogen-bond donors (Lipinski definition) is 4. The number of rotatable bonds is 5. The average molecular weight is 465 g/mol.